The summed E-state index contributed by atoms with van der Waals surface area (Å²) in [6, 6.07) is 10.1. The minimum atomic E-state index is -0.546. The topological polar surface area (TPSA) is 111 Å². The summed E-state index contributed by atoms with van der Waals surface area (Å²) < 4.78 is 10.0. The molecule has 3 rings (SSSR count). The summed E-state index contributed by atoms with van der Waals surface area (Å²) in [7, 11) is 1.24. The molecule has 0 fully saturated rings. The highest BCUT2D eigenvalue weighted by atomic mass is 32.1. The Bertz CT molecular complexity index is 1040. The van der Waals surface area contributed by atoms with E-state index in [0.717, 1.165) is 5.76 Å². The summed E-state index contributed by atoms with van der Waals surface area (Å²) in [6.45, 7) is 1.63. The predicted octanol–water partition coefficient (Wildman–Crippen LogP) is 2.80. The number of amides is 2. The molecule has 9 heteroatoms. The first kappa shape index (κ1) is 20.3. The van der Waals surface area contributed by atoms with Gasteiger partial charge in [-0.05, 0) is 37.3 Å². The molecular weight excluding hydrogens is 394 g/mol. The van der Waals surface area contributed by atoms with Gasteiger partial charge in [-0.25, -0.2) is 4.98 Å². The highest BCUT2D eigenvalue weighted by Gasteiger charge is 2.13. The van der Waals surface area contributed by atoms with Crippen LogP contribution in [0.25, 0.3) is 10.8 Å². The molecule has 0 aliphatic heterocycles. The number of nitrogens with zero attached hydrogens (tertiary/aromatic N) is 1. The van der Waals surface area contributed by atoms with Crippen LogP contribution in [0.2, 0.25) is 0 Å². The zero-order valence-corrected chi connectivity index (χ0v) is 16.7. The molecule has 0 unspecified atom stereocenters. The molecule has 0 aliphatic rings. The average Bonchev–Trinajstić information content (AvgIpc) is 3.34. The molecule has 0 radical (unpaired) electrons. The van der Waals surface area contributed by atoms with E-state index in [0.29, 0.717) is 27.7 Å². The van der Waals surface area contributed by atoms with Crippen molar-refractivity contribution in [1.82, 2.24) is 10.3 Å². The molecule has 3 aromatic rings. The second-order valence-electron chi connectivity index (χ2n) is 6.12. The van der Waals surface area contributed by atoms with E-state index in [-0.39, 0.29) is 18.9 Å². The van der Waals surface area contributed by atoms with Gasteiger partial charge in [-0.15, -0.1) is 11.3 Å². The Hall–Kier alpha value is -3.46. The van der Waals surface area contributed by atoms with Crippen molar-refractivity contribution in [1.29, 1.82) is 0 Å². The molecule has 0 saturated heterocycles. The Balaban J connectivity index is 1.59. The molecular formula is C20H19N3O5S. The number of anilines is 1. The fourth-order valence-corrected chi connectivity index (χ4v) is 3.26. The molecule has 29 heavy (non-hydrogen) atoms. The lowest BCUT2D eigenvalue weighted by molar-refractivity contribution is -0.139. The van der Waals surface area contributed by atoms with E-state index in [4.69, 9.17) is 4.42 Å². The highest BCUT2D eigenvalue weighted by molar-refractivity contribution is 7.13. The Kier molecular flexibility index (Phi) is 6.40. The van der Waals surface area contributed by atoms with Gasteiger partial charge in [0.15, 0.2) is 10.8 Å². The number of furan rings is 1. The number of esters is 1. The van der Waals surface area contributed by atoms with E-state index in [1.54, 1.807) is 18.2 Å². The molecule has 0 spiro atoms. The van der Waals surface area contributed by atoms with Crippen molar-refractivity contribution in [2.45, 2.75) is 13.3 Å². The molecule has 0 atom stereocenters. The van der Waals surface area contributed by atoms with E-state index in [9.17, 15) is 14.4 Å². The SMILES string of the molecule is COC(=O)CNC(=O)c1cccc(NC(=O)Cc2csc(-c3ccc(C)o3)n2)c1. The average molecular weight is 413 g/mol. The van der Waals surface area contributed by atoms with Crippen molar-refractivity contribution in [3.63, 3.8) is 0 Å². The van der Waals surface area contributed by atoms with Crippen molar-refractivity contribution in [3.05, 3.63) is 58.8 Å². The normalized spacial score (nSPS) is 10.4. The van der Waals surface area contributed by atoms with Gasteiger partial charge in [0.2, 0.25) is 5.91 Å². The Labute approximate surface area is 170 Å². The number of aryl methyl sites for hydroxylation is 1. The van der Waals surface area contributed by atoms with Crippen LogP contribution in [0.3, 0.4) is 0 Å². The molecule has 150 valence electrons. The van der Waals surface area contributed by atoms with Crippen LogP contribution in [-0.2, 0) is 20.7 Å². The van der Waals surface area contributed by atoms with Crippen LogP contribution in [0.5, 0.6) is 0 Å². The van der Waals surface area contributed by atoms with Crippen molar-refractivity contribution in [3.8, 4) is 10.8 Å². The molecule has 2 aromatic heterocycles. The Morgan fingerprint density at radius 3 is 2.76 bits per heavy atom. The van der Waals surface area contributed by atoms with Gasteiger partial charge in [-0.1, -0.05) is 6.07 Å². The summed E-state index contributed by atoms with van der Waals surface area (Å²) in [4.78, 5) is 40.0. The minimum Gasteiger partial charge on any atom is -0.468 e. The summed E-state index contributed by atoms with van der Waals surface area (Å²) in [6.07, 6.45) is 0.0922. The van der Waals surface area contributed by atoms with Crippen LogP contribution in [0.1, 0.15) is 21.8 Å². The van der Waals surface area contributed by atoms with Gasteiger partial charge in [-0.3, -0.25) is 14.4 Å². The quantitative estimate of drug-likeness (QED) is 0.576. The third-order valence-electron chi connectivity index (χ3n) is 3.87. The van der Waals surface area contributed by atoms with Gasteiger partial charge in [0.1, 0.15) is 12.3 Å². The standard InChI is InChI=1S/C20H19N3O5S/c1-12-6-7-16(28-12)20-23-15(11-29-20)9-17(24)22-14-5-3-4-13(8-14)19(26)21-10-18(25)27-2/h3-8,11H,9-10H2,1-2H3,(H,21,26)(H,22,24). The zero-order valence-electron chi connectivity index (χ0n) is 15.9. The number of nitrogens with one attached hydrogen (secondary N) is 2. The van der Waals surface area contributed by atoms with Crippen LogP contribution in [0.15, 0.2) is 46.2 Å². The first-order chi connectivity index (χ1) is 13.9. The molecule has 2 N–H and O–H groups in total. The predicted molar refractivity (Wildman–Crippen MR) is 108 cm³/mol. The lowest BCUT2D eigenvalue weighted by atomic mass is 10.2. The number of rotatable bonds is 7. The van der Waals surface area contributed by atoms with Crippen LogP contribution < -0.4 is 10.6 Å². The molecule has 0 aliphatic carbocycles. The summed E-state index contributed by atoms with van der Waals surface area (Å²) in [5.74, 6) is 0.221. The second-order valence-corrected chi connectivity index (χ2v) is 6.98. The van der Waals surface area contributed by atoms with Crippen LogP contribution in [-0.4, -0.2) is 36.4 Å². The number of carbonyl (C=O) groups excluding carboxylic acids is 3. The smallest absolute Gasteiger partial charge is 0.325 e. The fraction of sp³-hybridized carbons (Fsp3) is 0.200. The van der Waals surface area contributed by atoms with E-state index in [1.807, 2.05) is 24.4 Å². The maximum absolute atomic E-state index is 12.3. The zero-order chi connectivity index (χ0) is 20.8. The molecule has 1 aromatic carbocycles. The second kappa shape index (κ2) is 9.16. The monoisotopic (exact) mass is 413 g/mol. The van der Waals surface area contributed by atoms with E-state index in [2.05, 4.69) is 20.4 Å². The van der Waals surface area contributed by atoms with Crippen molar-refractivity contribution < 1.29 is 23.5 Å². The van der Waals surface area contributed by atoms with Gasteiger partial charge in [0, 0.05) is 16.6 Å². The van der Waals surface area contributed by atoms with Gasteiger partial charge in [0.25, 0.3) is 5.91 Å². The maximum Gasteiger partial charge on any atom is 0.325 e. The first-order valence-electron chi connectivity index (χ1n) is 8.70. The number of aromatic nitrogens is 1. The van der Waals surface area contributed by atoms with Gasteiger partial charge in [-0.2, -0.15) is 0 Å². The summed E-state index contributed by atoms with van der Waals surface area (Å²) in [5, 5.41) is 7.71. The van der Waals surface area contributed by atoms with Crippen LogP contribution >= 0.6 is 11.3 Å². The number of thiazole rings is 1. The summed E-state index contributed by atoms with van der Waals surface area (Å²) >= 11 is 1.40. The third-order valence-corrected chi connectivity index (χ3v) is 4.78. The van der Waals surface area contributed by atoms with Crippen molar-refractivity contribution in [2.75, 3.05) is 19.0 Å². The van der Waals surface area contributed by atoms with Crippen LogP contribution in [0, 0.1) is 6.92 Å². The number of methoxy groups -OCH3 is 1. The van der Waals surface area contributed by atoms with Crippen molar-refractivity contribution >= 4 is 34.8 Å². The molecule has 0 saturated carbocycles. The highest BCUT2D eigenvalue weighted by Crippen LogP contribution is 2.25. The number of carbonyl (C=O) groups is 3. The van der Waals surface area contributed by atoms with E-state index < -0.39 is 11.9 Å². The van der Waals surface area contributed by atoms with E-state index in [1.165, 1.54) is 24.5 Å². The van der Waals surface area contributed by atoms with Gasteiger partial charge < -0.3 is 19.8 Å². The molecule has 2 heterocycles. The number of ether oxygens (including phenoxy) is 1. The minimum absolute atomic E-state index is 0.0922. The number of hydrogen-bond acceptors (Lipinski definition) is 7. The van der Waals surface area contributed by atoms with Crippen molar-refractivity contribution in [2.24, 2.45) is 0 Å². The van der Waals surface area contributed by atoms with Gasteiger partial charge in [0.05, 0.1) is 19.2 Å². The Morgan fingerprint density at radius 1 is 1.21 bits per heavy atom. The number of benzene rings is 1. The fourth-order valence-electron chi connectivity index (χ4n) is 2.49. The largest absolute Gasteiger partial charge is 0.468 e. The molecule has 0 bridgehead atoms. The van der Waals surface area contributed by atoms with Gasteiger partial charge >= 0.3 is 5.97 Å². The van der Waals surface area contributed by atoms with Crippen LogP contribution in [0.4, 0.5) is 5.69 Å². The lowest BCUT2D eigenvalue weighted by Gasteiger charge is -2.07. The maximum atomic E-state index is 12.3. The lowest BCUT2D eigenvalue weighted by Crippen LogP contribution is -2.30. The third kappa shape index (κ3) is 5.52. The molecule has 8 nitrogen and oxygen atoms in total. The Morgan fingerprint density at radius 2 is 2.03 bits per heavy atom. The molecule has 2 amide bonds. The first-order valence-corrected chi connectivity index (χ1v) is 9.58. The summed E-state index contributed by atoms with van der Waals surface area (Å²) in [5.41, 5.74) is 1.41. The number of hydrogen-bond donors (Lipinski definition) is 2. The van der Waals surface area contributed by atoms with E-state index >= 15 is 0 Å².